The second kappa shape index (κ2) is 5.68. The molecular weight excluding hydrogens is 326 g/mol. The highest BCUT2D eigenvalue weighted by Crippen LogP contribution is 2.36. The predicted octanol–water partition coefficient (Wildman–Crippen LogP) is 4.31. The van der Waals surface area contributed by atoms with Crippen LogP contribution in [0.4, 0.5) is 0 Å². The Morgan fingerprint density at radius 3 is 2.88 bits per heavy atom. The normalized spacial score (nSPS) is 11.2. The number of fused-ring (bicyclic) bond motifs is 1. The van der Waals surface area contributed by atoms with Crippen LogP contribution in [0.15, 0.2) is 45.4 Å². The molecule has 0 atom stereocenters. The fraction of sp³-hybridized carbons (Fsp3) is 0.176. The minimum Gasteiger partial charge on any atom is -0.497 e. The van der Waals surface area contributed by atoms with Crippen LogP contribution in [0.1, 0.15) is 11.5 Å². The van der Waals surface area contributed by atoms with Crippen LogP contribution in [0.3, 0.4) is 0 Å². The number of hydrogen-bond acceptors (Lipinski definition) is 5. The fourth-order valence-electron chi connectivity index (χ4n) is 2.96. The molecule has 6 nitrogen and oxygen atoms in total. The second-order valence-corrected chi connectivity index (χ2v) is 5.80. The molecule has 0 saturated heterocycles. The summed E-state index contributed by atoms with van der Waals surface area (Å²) in [6.07, 6.45) is 1.67. The first-order valence-corrected chi connectivity index (χ1v) is 7.83. The highest BCUT2D eigenvalue weighted by Gasteiger charge is 2.20. The zero-order valence-corrected chi connectivity index (χ0v) is 14.0. The van der Waals surface area contributed by atoms with Crippen LogP contribution in [0.2, 0.25) is 0 Å². The largest absolute Gasteiger partial charge is 0.497 e. The molecule has 0 saturated carbocycles. The highest BCUT2D eigenvalue weighted by molar-refractivity contribution is 7.71. The van der Waals surface area contributed by atoms with Crippen LogP contribution in [-0.4, -0.2) is 21.9 Å². The summed E-state index contributed by atoms with van der Waals surface area (Å²) in [5, 5.41) is 7.86. The van der Waals surface area contributed by atoms with Crippen molar-refractivity contribution in [2.24, 2.45) is 0 Å². The van der Waals surface area contributed by atoms with Gasteiger partial charge in [-0.3, -0.25) is 0 Å². The topological polar surface area (TPSA) is 69.1 Å². The number of nitrogens with one attached hydrogen (secondary N) is 1. The van der Waals surface area contributed by atoms with E-state index >= 15 is 0 Å². The van der Waals surface area contributed by atoms with Gasteiger partial charge in [0.25, 0.3) is 4.84 Å². The number of furan rings is 1. The van der Waals surface area contributed by atoms with E-state index in [0.29, 0.717) is 12.4 Å². The van der Waals surface area contributed by atoms with Gasteiger partial charge in [-0.05, 0) is 49.5 Å². The van der Waals surface area contributed by atoms with Gasteiger partial charge < -0.3 is 18.1 Å². The van der Waals surface area contributed by atoms with Crippen molar-refractivity contribution >= 4 is 23.1 Å². The van der Waals surface area contributed by atoms with E-state index in [9.17, 15) is 0 Å². The molecule has 0 aliphatic rings. The summed E-state index contributed by atoms with van der Waals surface area (Å²) in [5.74, 6) is 2.11. The molecule has 4 rings (SSSR count). The van der Waals surface area contributed by atoms with E-state index in [1.807, 2.05) is 37.3 Å². The minimum absolute atomic E-state index is 0.249. The molecule has 1 aromatic carbocycles. The van der Waals surface area contributed by atoms with Gasteiger partial charge in [0.2, 0.25) is 5.89 Å². The molecule has 7 heteroatoms. The molecule has 24 heavy (non-hydrogen) atoms. The summed E-state index contributed by atoms with van der Waals surface area (Å²) < 4.78 is 18.6. The Morgan fingerprint density at radius 1 is 1.33 bits per heavy atom. The van der Waals surface area contributed by atoms with Crippen LogP contribution in [0.5, 0.6) is 5.75 Å². The van der Waals surface area contributed by atoms with Crippen molar-refractivity contribution in [1.82, 2.24) is 14.8 Å². The number of hydrogen-bond donors (Lipinski definition) is 1. The Morgan fingerprint density at radius 2 is 2.21 bits per heavy atom. The summed E-state index contributed by atoms with van der Waals surface area (Å²) >= 11 is 5.02. The zero-order valence-electron chi connectivity index (χ0n) is 13.2. The van der Waals surface area contributed by atoms with Crippen LogP contribution in [0.25, 0.3) is 22.4 Å². The standard InChI is InChI=1S/C17H15N3O3S/c1-10-15(16-18-19-17(24)23-16)13-8-11(21-2)5-6-14(13)20(10)9-12-4-3-7-22-12/h3-8H,9H2,1-2H3,(H,19,24). The first-order chi connectivity index (χ1) is 11.7. The first-order valence-electron chi connectivity index (χ1n) is 7.42. The Kier molecular flexibility index (Phi) is 3.50. The second-order valence-electron chi connectivity index (χ2n) is 5.43. The number of H-pyrrole nitrogens is 1. The van der Waals surface area contributed by atoms with Crippen molar-refractivity contribution in [3.8, 4) is 17.2 Å². The Labute approximate surface area is 142 Å². The maximum absolute atomic E-state index is 5.55. The van der Waals surface area contributed by atoms with Gasteiger partial charge in [0.1, 0.15) is 11.5 Å². The van der Waals surface area contributed by atoms with Gasteiger partial charge in [-0.25, -0.2) is 5.10 Å². The lowest BCUT2D eigenvalue weighted by Gasteiger charge is -2.06. The number of aromatic amines is 1. The monoisotopic (exact) mass is 341 g/mol. The number of methoxy groups -OCH3 is 1. The van der Waals surface area contributed by atoms with E-state index in [4.69, 9.17) is 25.8 Å². The summed E-state index contributed by atoms with van der Waals surface area (Å²) in [7, 11) is 1.65. The van der Waals surface area contributed by atoms with Crippen molar-refractivity contribution in [1.29, 1.82) is 0 Å². The average molecular weight is 341 g/mol. The Balaban J connectivity index is 1.99. The van der Waals surface area contributed by atoms with Gasteiger partial charge >= 0.3 is 0 Å². The van der Waals surface area contributed by atoms with Crippen molar-refractivity contribution in [2.75, 3.05) is 7.11 Å². The summed E-state index contributed by atoms with van der Waals surface area (Å²) in [5.41, 5.74) is 2.95. The molecule has 0 aliphatic heterocycles. The van der Waals surface area contributed by atoms with Crippen LogP contribution < -0.4 is 4.74 Å². The first kappa shape index (κ1) is 14.8. The van der Waals surface area contributed by atoms with E-state index in [0.717, 1.165) is 33.7 Å². The lowest BCUT2D eigenvalue weighted by atomic mass is 10.1. The van der Waals surface area contributed by atoms with E-state index in [1.165, 1.54) is 0 Å². The summed E-state index contributed by atoms with van der Waals surface area (Å²) in [6.45, 7) is 2.64. The quantitative estimate of drug-likeness (QED) is 0.560. The SMILES string of the molecule is COc1ccc2c(c1)c(-c1n[nH]c(=S)o1)c(C)n2Cc1ccco1. The smallest absolute Gasteiger partial charge is 0.284 e. The molecule has 0 bridgehead atoms. The van der Waals surface area contributed by atoms with E-state index < -0.39 is 0 Å². The lowest BCUT2D eigenvalue weighted by Crippen LogP contribution is -2.00. The van der Waals surface area contributed by atoms with Gasteiger partial charge in [-0.2, -0.15) is 0 Å². The fourth-order valence-corrected chi connectivity index (χ4v) is 3.08. The van der Waals surface area contributed by atoms with Crippen LogP contribution >= 0.6 is 12.2 Å². The van der Waals surface area contributed by atoms with E-state index in [-0.39, 0.29) is 4.84 Å². The van der Waals surface area contributed by atoms with Gasteiger partial charge in [0.05, 0.1) is 25.5 Å². The number of rotatable bonds is 4. The van der Waals surface area contributed by atoms with Crippen molar-refractivity contribution in [2.45, 2.75) is 13.5 Å². The molecule has 0 amide bonds. The van der Waals surface area contributed by atoms with Crippen LogP contribution in [0, 0.1) is 11.8 Å². The van der Waals surface area contributed by atoms with Crippen molar-refractivity contribution in [3.63, 3.8) is 0 Å². The Hall–Kier alpha value is -2.80. The van der Waals surface area contributed by atoms with Crippen molar-refractivity contribution in [3.05, 3.63) is 52.9 Å². The molecule has 0 unspecified atom stereocenters. The predicted molar refractivity (Wildman–Crippen MR) is 91.7 cm³/mol. The molecule has 4 aromatic rings. The zero-order chi connectivity index (χ0) is 16.7. The number of ether oxygens (including phenoxy) is 1. The molecule has 3 heterocycles. The van der Waals surface area contributed by atoms with Crippen LogP contribution in [-0.2, 0) is 6.54 Å². The molecule has 0 radical (unpaired) electrons. The molecule has 0 spiro atoms. The number of nitrogens with zero attached hydrogens (tertiary/aromatic N) is 2. The Bertz CT molecular complexity index is 1060. The molecule has 1 N–H and O–H groups in total. The summed E-state index contributed by atoms with van der Waals surface area (Å²) in [6, 6.07) is 9.77. The number of aromatic nitrogens is 3. The molecule has 3 aromatic heterocycles. The van der Waals surface area contributed by atoms with Gasteiger partial charge in [-0.1, -0.05) is 0 Å². The lowest BCUT2D eigenvalue weighted by molar-refractivity contribution is 0.415. The van der Waals surface area contributed by atoms with E-state index in [2.05, 4.69) is 14.8 Å². The third kappa shape index (κ3) is 2.33. The van der Waals surface area contributed by atoms with Crippen molar-refractivity contribution < 1.29 is 13.6 Å². The maximum Gasteiger partial charge on any atom is 0.284 e. The van der Waals surface area contributed by atoms with Gasteiger partial charge in [0, 0.05) is 16.6 Å². The molecule has 122 valence electrons. The highest BCUT2D eigenvalue weighted by atomic mass is 32.1. The molecular formula is C17H15N3O3S. The van der Waals surface area contributed by atoms with Gasteiger partial charge in [0.15, 0.2) is 0 Å². The number of benzene rings is 1. The maximum atomic E-state index is 5.55. The van der Waals surface area contributed by atoms with Gasteiger partial charge in [-0.15, -0.1) is 5.10 Å². The molecule has 0 fully saturated rings. The average Bonchev–Trinajstić information content (AvgIpc) is 3.29. The molecule has 0 aliphatic carbocycles. The minimum atomic E-state index is 0.249. The summed E-state index contributed by atoms with van der Waals surface area (Å²) in [4.78, 5) is 0.249. The third-order valence-electron chi connectivity index (χ3n) is 4.08. The van der Waals surface area contributed by atoms with E-state index in [1.54, 1.807) is 13.4 Å². The third-order valence-corrected chi connectivity index (χ3v) is 4.25.